The van der Waals surface area contributed by atoms with Crippen LogP contribution in [-0.4, -0.2) is 19.1 Å². The molecule has 0 bridgehead atoms. The summed E-state index contributed by atoms with van der Waals surface area (Å²) in [6, 6.07) is 7.70. The fraction of sp³-hybridized carbons (Fsp3) is 0.462. The highest BCUT2D eigenvalue weighted by molar-refractivity contribution is 5.89. The quantitative estimate of drug-likeness (QED) is 0.663. The summed E-state index contributed by atoms with van der Waals surface area (Å²) in [5.41, 5.74) is 2.04. The molecule has 3 N–H and O–H groups in total. The summed E-state index contributed by atoms with van der Waals surface area (Å²) in [6.07, 6.45) is 1.14. The van der Waals surface area contributed by atoms with E-state index in [2.05, 4.69) is 22.9 Å². The molecule has 0 atom stereocenters. The standard InChI is InChI=1S/C13H21N3O/c1-3-9-14-10-11-5-7-12(8-6-11)16-13(17)15-4-2/h5-8,14H,3-4,9-10H2,1-2H3,(H2,15,16,17). The summed E-state index contributed by atoms with van der Waals surface area (Å²) < 4.78 is 0. The average Bonchev–Trinajstić information content (AvgIpc) is 2.32. The van der Waals surface area contributed by atoms with E-state index in [0.717, 1.165) is 25.2 Å². The zero-order valence-corrected chi connectivity index (χ0v) is 10.5. The zero-order chi connectivity index (χ0) is 12.5. The molecule has 1 aromatic rings. The lowest BCUT2D eigenvalue weighted by Crippen LogP contribution is -2.28. The molecular formula is C13H21N3O. The van der Waals surface area contributed by atoms with Gasteiger partial charge in [0.2, 0.25) is 0 Å². The van der Waals surface area contributed by atoms with Crippen LogP contribution < -0.4 is 16.0 Å². The van der Waals surface area contributed by atoms with Crippen LogP contribution in [0.3, 0.4) is 0 Å². The Bertz CT molecular complexity index is 335. The molecule has 0 aromatic heterocycles. The van der Waals surface area contributed by atoms with E-state index in [1.807, 2.05) is 31.2 Å². The van der Waals surface area contributed by atoms with Gasteiger partial charge in [-0.25, -0.2) is 4.79 Å². The van der Waals surface area contributed by atoms with Crippen molar-refractivity contribution in [2.24, 2.45) is 0 Å². The van der Waals surface area contributed by atoms with E-state index in [-0.39, 0.29) is 6.03 Å². The van der Waals surface area contributed by atoms with E-state index in [1.54, 1.807) is 0 Å². The number of anilines is 1. The highest BCUT2D eigenvalue weighted by atomic mass is 16.2. The Labute approximate surface area is 103 Å². The average molecular weight is 235 g/mol. The number of hydrogen-bond donors (Lipinski definition) is 3. The topological polar surface area (TPSA) is 53.2 Å². The summed E-state index contributed by atoms with van der Waals surface area (Å²) in [5.74, 6) is 0. The van der Waals surface area contributed by atoms with Crippen LogP contribution in [0.15, 0.2) is 24.3 Å². The number of urea groups is 1. The first-order valence-corrected chi connectivity index (χ1v) is 6.10. The van der Waals surface area contributed by atoms with Crippen molar-refractivity contribution in [1.29, 1.82) is 0 Å². The minimum absolute atomic E-state index is 0.163. The van der Waals surface area contributed by atoms with Crippen LogP contribution >= 0.6 is 0 Å². The first-order chi connectivity index (χ1) is 8.26. The fourth-order valence-corrected chi connectivity index (χ4v) is 1.45. The molecule has 0 aliphatic carbocycles. The predicted molar refractivity (Wildman–Crippen MR) is 71.1 cm³/mol. The van der Waals surface area contributed by atoms with E-state index in [9.17, 15) is 4.79 Å². The highest BCUT2D eigenvalue weighted by Gasteiger charge is 1.99. The number of hydrogen-bond acceptors (Lipinski definition) is 2. The van der Waals surface area contributed by atoms with Crippen molar-refractivity contribution in [3.63, 3.8) is 0 Å². The number of benzene rings is 1. The smallest absolute Gasteiger partial charge is 0.319 e. The van der Waals surface area contributed by atoms with Crippen molar-refractivity contribution >= 4 is 11.7 Å². The SMILES string of the molecule is CCCNCc1ccc(NC(=O)NCC)cc1. The molecule has 0 fully saturated rings. The number of nitrogens with one attached hydrogen (secondary N) is 3. The second kappa shape index (κ2) is 7.68. The molecule has 0 spiro atoms. The molecule has 0 heterocycles. The lowest BCUT2D eigenvalue weighted by Gasteiger charge is -2.07. The van der Waals surface area contributed by atoms with Gasteiger partial charge in [-0.05, 0) is 37.6 Å². The summed E-state index contributed by atoms with van der Waals surface area (Å²) in [7, 11) is 0. The Morgan fingerprint density at radius 1 is 1.18 bits per heavy atom. The van der Waals surface area contributed by atoms with E-state index in [0.29, 0.717) is 6.54 Å². The first-order valence-electron chi connectivity index (χ1n) is 6.10. The Balaban J connectivity index is 2.41. The summed E-state index contributed by atoms with van der Waals surface area (Å²) in [4.78, 5) is 11.3. The minimum Gasteiger partial charge on any atom is -0.338 e. The molecule has 17 heavy (non-hydrogen) atoms. The van der Waals surface area contributed by atoms with Gasteiger partial charge in [0.15, 0.2) is 0 Å². The third-order valence-electron chi connectivity index (χ3n) is 2.31. The van der Waals surface area contributed by atoms with Gasteiger partial charge in [-0.15, -0.1) is 0 Å². The Morgan fingerprint density at radius 3 is 2.47 bits per heavy atom. The molecule has 1 aromatic carbocycles. The normalized spacial score (nSPS) is 10.0. The first kappa shape index (κ1) is 13.5. The van der Waals surface area contributed by atoms with Crippen LogP contribution in [-0.2, 0) is 6.54 Å². The van der Waals surface area contributed by atoms with Gasteiger partial charge < -0.3 is 16.0 Å². The third kappa shape index (κ3) is 5.36. The maximum Gasteiger partial charge on any atom is 0.319 e. The number of carbonyl (C=O) groups excluding carboxylic acids is 1. The molecule has 0 unspecified atom stereocenters. The molecule has 0 aliphatic heterocycles. The molecule has 0 radical (unpaired) electrons. The van der Waals surface area contributed by atoms with Gasteiger partial charge in [-0.2, -0.15) is 0 Å². The molecule has 94 valence electrons. The largest absolute Gasteiger partial charge is 0.338 e. The van der Waals surface area contributed by atoms with Gasteiger partial charge in [-0.1, -0.05) is 19.1 Å². The summed E-state index contributed by atoms with van der Waals surface area (Å²) in [6.45, 7) is 6.56. The molecule has 2 amide bonds. The minimum atomic E-state index is -0.163. The van der Waals surface area contributed by atoms with Crippen LogP contribution in [0.25, 0.3) is 0 Å². The van der Waals surface area contributed by atoms with Crippen LogP contribution in [0.1, 0.15) is 25.8 Å². The fourth-order valence-electron chi connectivity index (χ4n) is 1.45. The second-order valence-corrected chi connectivity index (χ2v) is 3.86. The van der Waals surface area contributed by atoms with Gasteiger partial charge in [0, 0.05) is 18.8 Å². The third-order valence-corrected chi connectivity index (χ3v) is 2.31. The van der Waals surface area contributed by atoms with Crippen molar-refractivity contribution in [3.05, 3.63) is 29.8 Å². The second-order valence-electron chi connectivity index (χ2n) is 3.86. The van der Waals surface area contributed by atoms with E-state index in [4.69, 9.17) is 0 Å². The molecule has 0 saturated heterocycles. The Kier molecular flexibility index (Phi) is 6.10. The van der Waals surface area contributed by atoms with Crippen molar-refractivity contribution in [2.75, 3.05) is 18.4 Å². The monoisotopic (exact) mass is 235 g/mol. The van der Waals surface area contributed by atoms with Gasteiger partial charge >= 0.3 is 6.03 Å². The van der Waals surface area contributed by atoms with Gasteiger partial charge in [-0.3, -0.25) is 0 Å². The summed E-state index contributed by atoms with van der Waals surface area (Å²) >= 11 is 0. The van der Waals surface area contributed by atoms with Crippen LogP contribution in [0.2, 0.25) is 0 Å². The van der Waals surface area contributed by atoms with Crippen LogP contribution in [0.4, 0.5) is 10.5 Å². The van der Waals surface area contributed by atoms with Crippen molar-refractivity contribution < 1.29 is 4.79 Å². The number of carbonyl (C=O) groups is 1. The lowest BCUT2D eigenvalue weighted by atomic mass is 10.2. The maximum absolute atomic E-state index is 11.3. The van der Waals surface area contributed by atoms with Gasteiger partial charge in [0.1, 0.15) is 0 Å². The van der Waals surface area contributed by atoms with Gasteiger partial charge in [0.05, 0.1) is 0 Å². The maximum atomic E-state index is 11.3. The number of amides is 2. The van der Waals surface area contributed by atoms with Crippen LogP contribution in [0.5, 0.6) is 0 Å². The van der Waals surface area contributed by atoms with E-state index < -0.39 is 0 Å². The van der Waals surface area contributed by atoms with Crippen molar-refractivity contribution in [1.82, 2.24) is 10.6 Å². The van der Waals surface area contributed by atoms with Gasteiger partial charge in [0.25, 0.3) is 0 Å². The molecular weight excluding hydrogens is 214 g/mol. The molecule has 1 rings (SSSR count). The van der Waals surface area contributed by atoms with Crippen molar-refractivity contribution in [3.8, 4) is 0 Å². The molecule has 0 saturated carbocycles. The highest BCUT2D eigenvalue weighted by Crippen LogP contribution is 2.09. The number of rotatable bonds is 6. The molecule has 4 nitrogen and oxygen atoms in total. The Morgan fingerprint density at radius 2 is 1.88 bits per heavy atom. The summed E-state index contributed by atoms with van der Waals surface area (Å²) in [5, 5.41) is 8.79. The van der Waals surface area contributed by atoms with E-state index in [1.165, 1.54) is 5.56 Å². The van der Waals surface area contributed by atoms with Crippen molar-refractivity contribution in [2.45, 2.75) is 26.8 Å². The Hall–Kier alpha value is -1.55. The molecule has 0 aliphatic rings. The predicted octanol–water partition coefficient (Wildman–Crippen LogP) is 2.33. The van der Waals surface area contributed by atoms with E-state index >= 15 is 0 Å². The molecule has 4 heteroatoms. The lowest BCUT2D eigenvalue weighted by molar-refractivity contribution is 0.252. The van der Waals surface area contributed by atoms with Crippen LogP contribution in [0, 0.1) is 0 Å². The zero-order valence-electron chi connectivity index (χ0n) is 10.5.